The van der Waals surface area contributed by atoms with Gasteiger partial charge >= 0.3 is 6.03 Å². The molecule has 5 nitrogen and oxygen atoms in total. The highest BCUT2D eigenvalue weighted by molar-refractivity contribution is 5.74. The summed E-state index contributed by atoms with van der Waals surface area (Å²) in [6.07, 6.45) is 3.59. The third-order valence-electron chi connectivity index (χ3n) is 5.45. The van der Waals surface area contributed by atoms with Crippen LogP contribution in [0.25, 0.3) is 0 Å². The number of carbonyl (C=O) groups is 1. The molecule has 3 rings (SSSR count). The smallest absolute Gasteiger partial charge is 0.317 e. The first kappa shape index (κ1) is 17.2. The Morgan fingerprint density at radius 1 is 1.25 bits per heavy atom. The van der Waals surface area contributed by atoms with Gasteiger partial charge in [0.1, 0.15) is 0 Å². The van der Waals surface area contributed by atoms with Crippen molar-refractivity contribution in [3.63, 3.8) is 0 Å². The molecule has 0 saturated carbocycles. The van der Waals surface area contributed by atoms with Crippen LogP contribution >= 0.6 is 0 Å². The average Bonchev–Trinajstić information content (AvgIpc) is 2.61. The summed E-state index contributed by atoms with van der Waals surface area (Å²) in [7, 11) is 2.14. The molecule has 1 aromatic carbocycles. The zero-order chi connectivity index (χ0) is 17.0. The van der Waals surface area contributed by atoms with E-state index >= 15 is 0 Å². The first-order chi connectivity index (χ1) is 11.6. The second-order valence-electron chi connectivity index (χ2n) is 7.34. The predicted molar refractivity (Wildman–Crippen MR) is 94.8 cm³/mol. The maximum atomic E-state index is 12.4. The lowest BCUT2D eigenvalue weighted by Gasteiger charge is -2.39. The first-order valence-electron chi connectivity index (χ1n) is 9.06. The number of hydrogen-bond acceptors (Lipinski definition) is 3. The Bertz CT molecular complexity index is 541. The number of urea groups is 1. The molecule has 0 aromatic heterocycles. The number of piperidine rings is 2. The molecule has 2 saturated heterocycles. The molecule has 0 bridgehead atoms. The fourth-order valence-electron chi connectivity index (χ4n) is 3.90. The van der Waals surface area contributed by atoms with Crippen molar-refractivity contribution < 1.29 is 9.90 Å². The van der Waals surface area contributed by atoms with Gasteiger partial charge in [-0.05, 0) is 50.8 Å². The third kappa shape index (κ3) is 4.08. The predicted octanol–water partition coefficient (Wildman–Crippen LogP) is 2.02. The highest BCUT2D eigenvalue weighted by Gasteiger charge is 2.35. The average molecular weight is 331 g/mol. The van der Waals surface area contributed by atoms with Crippen LogP contribution in [0.2, 0.25) is 0 Å². The number of aliphatic hydroxyl groups is 1. The normalized spacial score (nSPS) is 24.6. The number of benzene rings is 1. The molecule has 2 fully saturated rings. The van der Waals surface area contributed by atoms with Crippen LogP contribution in [0, 0.1) is 5.92 Å². The second-order valence-corrected chi connectivity index (χ2v) is 7.34. The Hall–Kier alpha value is -1.59. The van der Waals surface area contributed by atoms with Gasteiger partial charge in [-0.1, -0.05) is 30.3 Å². The Kier molecular flexibility index (Phi) is 5.41. The van der Waals surface area contributed by atoms with Crippen LogP contribution in [-0.4, -0.2) is 60.7 Å². The minimum Gasteiger partial charge on any atom is -0.385 e. The monoisotopic (exact) mass is 331 g/mol. The topological polar surface area (TPSA) is 55.8 Å². The molecule has 0 aliphatic carbocycles. The molecule has 1 unspecified atom stereocenters. The van der Waals surface area contributed by atoms with Gasteiger partial charge in [-0.25, -0.2) is 4.79 Å². The number of hydrogen-bond donors (Lipinski definition) is 2. The van der Waals surface area contributed by atoms with Crippen LogP contribution in [0.5, 0.6) is 0 Å². The van der Waals surface area contributed by atoms with Crippen LogP contribution in [0.1, 0.15) is 31.2 Å². The van der Waals surface area contributed by atoms with Crippen molar-refractivity contribution in [3.05, 3.63) is 35.9 Å². The fourth-order valence-corrected chi connectivity index (χ4v) is 3.90. The van der Waals surface area contributed by atoms with Crippen LogP contribution in [-0.2, 0) is 5.60 Å². The fraction of sp³-hybridized carbons (Fsp3) is 0.632. The van der Waals surface area contributed by atoms with E-state index < -0.39 is 5.60 Å². The molecule has 2 aliphatic rings. The van der Waals surface area contributed by atoms with E-state index in [1.54, 1.807) is 0 Å². The van der Waals surface area contributed by atoms with E-state index in [4.69, 9.17) is 0 Å². The van der Waals surface area contributed by atoms with Crippen LogP contribution in [0.4, 0.5) is 4.79 Å². The van der Waals surface area contributed by atoms with E-state index in [1.165, 1.54) is 12.8 Å². The van der Waals surface area contributed by atoms with E-state index in [9.17, 15) is 9.90 Å². The number of rotatable bonds is 3. The number of nitrogens with one attached hydrogen (secondary N) is 1. The maximum Gasteiger partial charge on any atom is 0.317 e. The van der Waals surface area contributed by atoms with Gasteiger partial charge in [-0.15, -0.1) is 0 Å². The highest BCUT2D eigenvalue weighted by atomic mass is 16.3. The molecule has 0 spiro atoms. The van der Waals surface area contributed by atoms with Gasteiger partial charge in [0.05, 0.1) is 5.60 Å². The Morgan fingerprint density at radius 2 is 1.96 bits per heavy atom. The lowest BCUT2D eigenvalue weighted by Crippen LogP contribution is -2.50. The molecule has 0 radical (unpaired) electrons. The molecule has 2 amide bonds. The Morgan fingerprint density at radius 3 is 2.62 bits per heavy atom. The zero-order valence-corrected chi connectivity index (χ0v) is 14.6. The van der Waals surface area contributed by atoms with Crippen LogP contribution in [0.15, 0.2) is 30.3 Å². The summed E-state index contributed by atoms with van der Waals surface area (Å²) >= 11 is 0. The summed E-state index contributed by atoms with van der Waals surface area (Å²) in [4.78, 5) is 16.6. The van der Waals surface area contributed by atoms with Gasteiger partial charge in [0, 0.05) is 26.2 Å². The maximum absolute atomic E-state index is 12.4. The standard InChI is InChI=1S/C19H29N3O2/c1-21-11-5-6-16(15-21)14-20-18(23)22-12-9-19(24,10-13-22)17-7-3-2-4-8-17/h2-4,7-8,16,24H,5-6,9-15H2,1H3,(H,20,23). The summed E-state index contributed by atoms with van der Waals surface area (Å²) < 4.78 is 0. The molecule has 5 heteroatoms. The SMILES string of the molecule is CN1CCCC(CNC(=O)N2CCC(O)(c3ccccc3)CC2)C1. The minimum atomic E-state index is -0.801. The Labute approximate surface area is 144 Å². The summed E-state index contributed by atoms with van der Waals surface area (Å²) in [6, 6.07) is 9.81. The van der Waals surface area contributed by atoms with E-state index in [-0.39, 0.29) is 6.03 Å². The van der Waals surface area contributed by atoms with Crippen molar-refractivity contribution in [2.75, 3.05) is 39.8 Å². The molecule has 2 heterocycles. The molecule has 2 aliphatic heterocycles. The summed E-state index contributed by atoms with van der Waals surface area (Å²) in [5, 5.41) is 13.9. The van der Waals surface area contributed by atoms with Gasteiger partial charge in [-0.3, -0.25) is 0 Å². The number of amides is 2. The number of nitrogens with zero attached hydrogens (tertiary/aromatic N) is 2. The molecule has 2 N–H and O–H groups in total. The first-order valence-corrected chi connectivity index (χ1v) is 9.06. The van der Waals surface area contributed by atoms with Gasteiger partial charge in [-0.2, -0.15) is 0 Å². The minimum absolute atomic E-state index is 0.0124. The number of carbonyl (C=O) groups excluding carboxylic acids is 1. The molecule has 1 atom stereocenters. The van der Waals surface area contributed by atoms with E-state index in [0.29, 0.717) is 31.8 Å². The third-order valence-corrected chi connectivity index (χ3v) is 5.45. The van der Waals surface area contributed by atoms with Gasteiger partial charge in [0.15, 0.2) is 0 Å². The quantitative estimate of drug-likeness (QED) is 0.891. The lowest BCUT2D eigenvalue weighted by molar-refractivity contribution is -0.0169. The second kappa shape index (κ2) is 7.53. The van der Waals surface area contributed by atoms with Crippen LogP contribution in [0.3, 0.4) is 0 Å². The van der Waals surface area contributed by atoms with E-state index in [1.807, 2.05) is 35.2 Å². The van der Waals surface area contributed by atoms with Crippen molar-refractivity contribution >= 4 is 6.03 Å². The van der Waals surface area contributed by atoms with Crippen molar-refractivity contribution in [2.24, 2.45) is 5.92 Å². The molecule has 132 valence electrons. The van der Waals surface area contributed by atoms with Crippen molar-refractivity contribution in [2.45, 2.75) is 31.3 Å². The number of likely N-dealkylation sites (tertiary alicyclic amines) is 2. The summed E-state index contributed by atoms with van der Waals surface area (Å²) in [6.45, 7) is 4.18. The molecular weight excluding hydrogens is 302 g/mol. The van der Waals surface area contributed by atoms with Crippen molar-refractivity contribution in [3.8, 4) is 0 Å². The molecule has 1 aromatic rings. The van der Waals surface area contributed by atoms with Crippen LogP contribution < -0.4 is 5.32 Å². The van der Waals surface area contributed by atoms with E-state index in [0.717, 1.165) is 25.2 Å². The zero-order valence-electron chi connectivity index (χ0n) is 14.6. The largest absolute Gasteiger partial charge is 0.385 e. The lowest BCUT2D eigenvalue weighted by atomic mass is 9.84. The van der Waals surface area contributed by atoms with Gasteiger partial charge in [0.2, 0.25) is 0 Å². The summed E-state index contributed by atoms with van der Waals surface area (Å²) in [5.74, 6) is 0.554. The van der Waals surface area contributed by atoms with Gasteiger partial charge < -0.3 is 20.2 Å². The molecule has 24 heavy (non-hydrogen) atoms. The summed E-state index contributed by atoms with van der Waals surface area (Å²) in [5.41, 5.74) is 0.153. The van der Waals surface area contributed by atoms with Crippen molar-refractivity contribution in [1.82, 2.24) is 15.1 Å². The highest BCUT2D eigenvalue weighted by Crippen LogP contribution is 2.32. The van der Waals surface area contributed by atoms with Gasteiger partial charge in [0.25, 0.3) is 0 Å². The Balaban J connectivity index is 1.47. The van der Waals surface area contributed by atoms with Crippen molar-refractivity contribution in [1.29, 1.82) is 0 Å². The van der Waals surface area contributed by atoms with E-state index in [2.05, 4.69) is 17.3 Å². The molecular formula is C19H29N3O2.